The maximum absolute atomic E-state index is 14.2. The first-order valence-electron chi connectivity index (χ1n) is 11.5. The van der Waals surface area contributed by atoms with Crippen LogP contribution in [-0.4, -0.2) is 48.6 Å². The van der Waals surface area contributed by atoms with Gasteiger partial charge in [0.2, 0.25) is 10.0 Å². The van der Waals surface area contributed by atoms with Gasteiger partial charge in [-0.3, -0.25) is 4.31 Å². The Labute approximate surface area is 215 Å². The summed E-state index contributed by atoms with van der Waals surface area (Å²) in [4.78, 5) is 12.6. The zero-order valence-electron chi connectivity index (χ0n) is 21.1. The van der Waals surface area contributed by atoms with E-state index in [0.717, 1.165) is 16.3 Å². The molecule has 3 aromatic rings. The van der Waals surface area contributed by atoms with E-state index in [2.05, 4.69) is 0 Å². The van der Waals surface area contributed by atoms with E-state index in [9.17, 15) is 22.7 Å². The first-order chi connectivity index (χ1) is 16.7. The summed E-state index contributed by atoms with van der Waals surface area (Å²) >= 11 is 6.14. The van der Waals surface area contributed by atoms with Crippen LogP contribution in [0.4, 0.5) is 10.1 Å². The largest absolute Gasteiger partial charge is 0.479 e. The Morgan fingerprint density at radius 2 is 1.86 bits per heavy atom. The number of alkyl halides is 1. The smallest absolute Gasteiger partial charge is 0.337 e. The highest BCUT2D eigenvalue weighted by Gasteiger charge is 2.40. The van der Waals surface area contributed by atoms with Crippen LogP contribution in [0.3, 0.4) is 0 Å². The van der Waals surface area contributed by atoms with Gasteiger partial charge in [-0.15, -0.1) is 0 Å². The molecule has 0 aliphatic carbocycles. The molecule has 0 amide bonds. The second-order valence-electron chi connectivity index (χ2n) is 10.2. The molecule has 0 radical (unpaired) electrons. The molecule has 0 saturated carbocycles. The summed E-state index contributed by atoms with van der Waals surface area (Å²) in [5, 5.41) is 11.5. The van der Waals surface area contributed by atoms with Crippen molar-refractivity contribution in [3.05, 3.63) is 52.2 Å². The number of carboxylic acid groups (broad SMARTS) is 1. The summed E-state index contributed by atoms with van der Waals surface area (Å²) < 4.78 is 49.3. The van der Waals surface area contributed by atoms with E-state index in [1.807, 2.05) is 17.6 Å². The molecule has 194 valence electrons. The number of aliphatic carboxylic acids is 1. The van der Waals surface area contributed by atoms with Crippen LogP contribution in [-0.2, 0) is 26.1 Å². The minimum Gasteiger partial charge on any atom is -0.479 e. The number of aromatic nitrogens is 1. The molecule has 0 saturated heterocycles. The van der Waals surface area contributed by atoms with Crippen molar-refractivity contribution in [3.8, 4) is 11.1 Å². The van der Waals surface area contributed by atoms with E-state index >= 15 is 0 Å². The number of halogens is 2. The first kappa shape index (κ1) is 26.4. The van der Waals surface area contributed by atoms with E-state index in [4.69, 9.17) is 16.3 Å². The molecule has 0 fully saturated rings. The van der Waals surface area contributed by atoms with Crippen molar-refractivity contribution in [2.24, 2.45) is 0 Å². The molecule has 2 atom stereocenters. The molecule has 36 heavy (non-hydrogen) atoms. The van der Waals surface area contributed by atoms with Crippen LogP contribution >= 0.6 is 11.6 Å². The number of carboxylic acids is 1. The van der Waals surface area contributed by atoms with Gasteiger partial charge in [0.1, 0.15) is 6.67 Å². The van der Waals surface area contributed by atoms with Crippen molar-refractivity contribution in [2.45, 2.75) is 58.9 Å². The van der Waals surface area contributed by atoms with E-state index in [1.165, 1.54) is 0 Å². The van der Waals surface area contributed by atoms with Crippen molar-refractivity contribution >= 4 is 44.2 Å². The molecular weight excluding hydrogens is 507 g/mol. The number of ether oxygens (including phenoxy) is 1. The average molecular weight is 537 g/mol. The second-order valence-corrected chi connectivity index (χ2v) is 12.5. The molecule has 4 rings (SSSR count). The summed E-state index contributed by atoms with van der Waals surface area (Å²) in [5.74, 6) is -1.21. The molecule has 1 N–H and O–H groups in total. The SMILES string of the molecule is Cc1c([C@H](OC(C)(C)C)C(=O)O)c(-c2ccc(Cl)cc2)c2cc(C)n3c2c1N(S(C)(=O)=O)[C@@H](CF)C3. The number of rotatable bonds is 6. The fourth-order valence-electron chi connectivity index (χ4n) is 5.12. The zero-order valence-corrected chi connectivity index (χ0v) is 22.7. The van der Waals surface area contributed by atoms with E-state index in [0.29, 0.717) is 38.2 Å². The first-order valence-corrected chi connectivity index (χ1v) is 13.8. The number of nitrogens with zero attached hydrogens (tertiary/aromatic N) is 2. The third-order valence-corrected chi connectivity index (χ3v) is 7.85. The van der Waals surface area contributed by atoms with Crippen LogP contribution < -0.4 is 4.31 Å². The fraction of sp³-hybridized carbons (Fsp3) is 0.423. The number of anilines is 1. The third kappa shape index (κ3) is 4.48. The quantitative estimate of drug-likeness (QED) is 0.440. The Hall–Kier alpha value is -2.62. The zero-order chi connectivity index (χ0) is 26.7. The molecule has 2 heterocycles. The van der Waals surface area contributed by atoms with E-state index in [1.54, 1.807) is 52.0 Å². The van der Waals surface area contributed by atoms with Crippen molar-refractivity contribution in [1.29, 1.82) is 0 Å². The molecule has 0 spiro atoms. The number of carbonyl (C=O) groups is 1. The minimum atomic E-state index is -3.90. The summed E-state index contributed by atoms with van der Waals surface area (Å²) in [6.07, 6.45) is -0.369. The molecule has 1 aromatic heterocycles. The van der Waals surface area contributed by atoms with Gasteiger partial charge in [0.15, 0.2) is 6.10 Å². The summed E-state index contributed by atoms with van der Waals surface area (Å²) in [5.41, 5.74) is 2.96. The molecule has 1 aliphatic heterocycles. The van der Waals surface area contributed by atoms with Gasteiger partial charge < -0.3 is 14.4 Å². The van der Waals surface area contributed by atoms with Gasteiger partial charge in [0, 0.05) is 28.2 Å². The van der Waals surface area contributed by atoms with Gasteiger partial charge in [0.05, 0.1) is 29.1 Å². The minimum absolute atomic E-state index is 0.144. The number of hydrogen-bond donors (Lipinski definition) is 1. The highest BCUT2D eigenvalue weighted by Crippen LogP contribution is 2.49. The molecule has 0 unspecified atom stereocenters. The second kappa shape index (κ2) is 9.04. The Bertz CT molecular complexity index is 1460. The molecule has 0 bridgehead atoms. The Morgan fingerprint density at radius 1 is 1.25 bits per heavy atom. The molecule has 7 nitrogen and oxygen atoms in total. The average Bonchev–Trinajstić information content (AvgIpc) is 3.09. The van der Waals surface area contributed by atoms with E-state index in [-0.39, 0.29) is 12.2 Å². The lowest BCUT2D eigenvalue weighted by Gasteiger charge is -2.38. The fourth-order valence-corrected chi connectivity index (χ4v) is 6.47. The molecular formula is C26H30ClFN2O5S. The number of aryl methyl sites for hydroxylation is 1. The van der Waals surface area contributed by atoms with Crippen LogP contribution in [0.1, 0.15) is 43.7 Å². The van der Waals surface area contributed by atoms with Gasteiger partial charge >= 0.3 is 5.97 Å². The number of hydrogen-bond acceptors (Lipinski definition) is 4. The van der Waals surface area contributed by atoms with Crippen LogP contribution in [0.2, 0.25) is 5.02 Å². The number of benzene rings is 2. The highest BCUT2D eigenvalue weighted by molar-refractivity contribution is 7.92. The van der Waals surface area contributed by atoms with Gasteiger partial charge in [-0.25, -0.2) is 17.6 Å². The predicted octanol–water partition coefficient (Wildman–Crippen LogP) is 5.64. The summed E-state index contributed by atoms with van der Waals surface area (Å²) in [6.45, 7) is 8.07. The Kier molecular flexibility index (Phi) is 6.64. The standard InChI is InChI=1S/C26H30ClFN2O5S/c1-14-11-19-21(16-7-9-17(27)10-8-16)20(24(25(31)32)35-26(3,4)5)15(2)22-23(19)29(14)13-18(12-28)30(22)36(6,33)34/h7-11,18,24H,12-13H2,1-6H3,(H,31,32)/t18-,24-/m0/s1. The van der Waals surface area contributed by atoms with E-state index < -0.39 is 40.4 Å². The molecule has 1 aliphatic rings. The lowest BCUT2D eigenvalue weighted by molar-refractivity contribution is -0.160. The predicted molar refractivity (Wildman–Crippen MR) is 140 cm³/mol. The third-order valence-electron chi connectivity index (χ3n) is 6.40. The lowest BCUT2D eigenvalue weighted by Crippen LogP contribution is -2.47. The van der Waals surface area contributed by atoms with Gasteiger partial charge in [-0.05, 0) is 69.5 Å². The van der Waals surface area contributed by atoms with Gasteiger partial charge in [0.25, 0.3) is 0 Å². The highest BCUT2D eigenvalue weighted by atomic mass is 35.5. The Balaban J connectivity index is 2.23. The van der Waals surface area contributed by atoms with Crippen LogP contribution in [0.15, 0.2) is 30.3 Å². The van der Waals surface area contributed by atoms with Crippen molar-refractivity contribution in [2.75, 3.05) is 17.2 Å². The Morgan fingerprint density at radius 3 is 2.36 bits per heavy atom. The number of sulfonamides is 1. The van der Waals surface area contributed by atoms with Crippen LogP contribution in [0.25, 0.3) is 22.0 Å². The van der Waals surface area contributed by atoms with Crippen LogP contribution in [0, 0.1) is 13.8 Å². The van der Waals surface area contributed by atoms with Crippen molar-refractivity contribution < 1.29 is 27.4 Å². The topological polar surface area (TPSA) is 88.8 Å². The van der Waals surface area contributed by atoms with Gasteiger partial charge in [-0.1, -0.05) is 23.7 Å². The van der Waals surface area contributed by atoms with Crippen molar-refractivity contribution in [3.63, 3.8) is 0 Å². The lowest BCUT2D eigenvalue weighted by atomic mass is 9.87. The van der Waals surface area contributed by atoms with Gasteiger partial charge in [-0.2, -0.15) is 0 Å². The molecule has 10 heteroatoms. The normalized spacial score (nSPS) is 17.0. The maximum atomic E-state index is 14.2. The van der Waals surface area contributed by atoms with Crippen molar-refractivity contribution in [1.82, 2.24) is 4.57 Å². The summed E-state index contributed by atoms with van der Waals surface area (Å²) in [7, 11) is -3.90. The van der Waals surface area contributed by atoms with Crippen LogP contribution in [0.5, 0.6) is 0 Å². The molecule has 2 aromatic carbocycles. The summed E-state index contributed by atoms with van der Waals surface area (Å²) in [6, 6.07) is 7.96. The maximum Gasteiger partial charge on any atom is 0.337 e. The monoisotopic (exact) mass is 536 g/mol.